The van der Waals surface area contributed by atoms with Gasteiger partial charge in [-0.2, -0.15) is 0 Å². The van der Waals surface area contributed by atoms with E-state index in [1.165, 1.54) is 18.2 Å². The number of nitrogens with two attached hydrogens (primary N) is 1. The van der Waals surface area contributed by atoms with Crippen molar-refractivity contribution in [2.45, 2.75) is 44.9 Å². The van der Waals surface area contributed by atoms with Crippen molar-refractivity contribution in [3.05, 3.63) is 29.6 Å². The molecule has 0 saturated carbocycles. The number of anilines is 1. The summed E-state index contributed by atoms with van der Waals surface area (Å²) in [6.07, 6.45) is 1.90. The van der Waals surface area contributed by atoms with Gasteiger partial charge >= 0.3 is 0 Å². The lowest BCUT2D eigenvalue weighted by Gasteiger charge is -2.33. The fourth-order valence-electron chi connectivity index (χ4n) is 2.53. The molecule has 1 amide bonds. The van der Waals surface area contributed by atoms with E-state index < -0.39 is 5.91 Å². The number of carbonyl (C=O) groups excluding carboxylic acids is 1. The van der Waals surface area contributed by atoms with Crippen LogP contribution in [0.5, 0.6) is 0 Å². The van der Waals surface area contributed by atoms with Gasteiger partial charge in [0, 0.05) is 11.6 Å². The zero-order valence-corrected chi connectivity index (χ0v) is 11.2. The number of ether oxygens (including phenoxy) is 1. The minimum absolute atomic E-state index is 0.136. The van der Waals surface area contributed by atoms with Gasteiger partial charge in [-0.3, -0.25) is 4.79 Å². The summed E-state index contributed by atoms with van der Waals surface area (Å²) < 4.78 is 19.4. The molecule has 19 heavy (non-hydrogen) atoms. The molecule has 0 aliphatic carbocycles. The number of rotatable bonds is 3. The van der Waals surface area contributed by atoms with Gasteiger partial charge < -0.3 is 15.8 Å². The second kappa shape index (κ2) is 5.57. The van der Waals surface area contributed by atoms with Crippen LogP contribution in [0.2, 0.25) is 0 Å². The predicted octanol–water partition coefficient (Wildman–Crippen LogP) is 2.29. The summed E-state index contributed by atoms with van der Waals surface area (Å²) in [4.78, 5) is 11.1. The lowest BCUT2D eigenvalue weighted by atomic mass is 9.99. The van der Waals surface area contributed by atoms with Crippen LogP contribution in [0.4, 0.5) is 10.1 Å². The monoisotopic (exact) mass is 266 g/mol. The Balaban J connectivity index is 2.13. The third-order valence-corrected chi connectivity index (χ3v) is 3.31. The molecule has 2 atom stereocenters. The van der Waals surface area contributed by atoms with E-state index in [-0.39, 0.29) is 24.1 Å². The molecule has 0 aromatic heterocycles. The van der Waals surface area contributed by atoms with E-state index in [4.69, 9.17) is 10.5 Å². The predicted molar refractivity (Wildman–Crippen MR) is 71.6 cm³/mol. The van der Waals surface area contributed by atoms with Gasteiger partial charge in [0.1, 0.15) is 5.82 Å². The molecule has 1 fully saturated rings. The van der Waals surface area contributed by atoms with Crippen molar-refractivity contribution in [3.8, 4) is 0 Å². The van der Waals surface area contributed by atoms with E-state index in [0.29, 0.717) is 11.3 Å². The molecule has 1 saturated heterocycles. The van der Waals surface area contributed by atoms with Crippen LogP contribution < -0.4 is 11.1 Å². The first-order valence-corrected chi connectivity index (χ1v) is 6.47. The van der Waals surface area contributed by atoms with E-state index in [2.05, 4.69) is 5.32 Å². The third kappa shape index (κ3) is 3.44. The first-order valence-electron chi connectivity index (χ1n) is 6.47. The molecule has 1 aliphatic rings. The molecule has 3 N–H and O–H groups in total. The number of halogens is 1. The number of carbonyl (C=O) groups is 1. The van der Waals surface area contributed by atoms with Gasteiger partial charge in [-0.05, 0) is 44.9 Å². The van der Waals surface area contributed by atoms with Gasteiger partial charge in [0.25, 0.3) is 0 Å². The normalized spacial score (nSPS) is 27.0. The van der Waals surface area contributed by atoms with Crippen molar-refractivity contribution in [1.82, 2.24) is 0 Å². The maximum absolute atomic E-state index is 13.7. The van der Waals surface area contributed by atoms with Crippen LogP contribution in [0, 0.1) is 5.82 Å². The van der Waals surface area contributed by atoms with Crippen molar-refractivity contribution < 1.29 is 13.9 Å². The summed E-state index contributed by atoms with van der Waals surface area (Å²) >= 11 is 0. The van der Waals surface area contributed by atoms with Crippen molar-refractivity contribution >= 4 is 11.6 Å². The Bertz CT molecular complexity index is 469. The Kier molecular flexibility index (Phi) is 4.04. The molecule has 2 rings (SSSR count). The maximum atomic E-state index is 13.7. The quantitative estimate of drug-likeness (QED) is 0.882. The standard InChI is InChI=1S/C14H19FN2O2/c1-8-5-11(6-9(2)19-8)17-13-7-10(14(16)18)3-4-12(13)15/h3-4,7-9,11,17H,5-6H2,1-2H3,(H2,16,18). The second-order valence-corrected chi connectivity index (χ2v) is 5.13. The first-order chi connectivity index (χ1) is 8.95. The highest BCUT2D eigenvalue weighted by Gasteiger charge is 2.25. The summed E-state index contributed by atoms with van der Waals surface area (Å²) in [6, 6.07) is 4.24. The number of hydrogen-bond acceptors (Lipinski definition) is 3. The molecule has 0 radical (unpaired) electrons. The van der Waals surface area contributed by atoms with Crippen LogP contribution in [0.25, 0.3) is 0 Å². The van der Waals surface area contributed by atoms with Gasteiger partial charge in [0.15, 0.2) is 0 Å². The maximum Gasteiger partial charge on any atom is 0.248 e. The van der Waals surface area contributed by atoms with Gasteiger partial charge in [-0.15, -0.1) is 0 Å². The zero-order chi connectivity index (χ0) is 14.0. The number of amides is 1. The third-order valence-electron chi connectivity index (χ3n) is 3.31. The lowest BCUT2D eigenvalue weighted by molar-refractivity contribution is -0.0338. The minimum Gasteiger partial charge on any atom is -0.380 e. The van der Waals surface area contributed by atoms with Crippen molar-refractivity contribution in [2.75, 3.05) is 5.32 Å². The van der Waals surface area contributed by atoms with Crippen LogP contribution >= 0.6 is 0 Å². The van der Waals surface area contributed by atoms with E-state index in [1.807, 2.05) is 13.8 Å². The van der Waals surface area contributed by atoms with Crippen molar-refractivity contribution in [3.63, 3.8) is 0 Å². The molecule has 1 aliphatic heterocycles. The molecule has 4 nitrogen and oxygen atoms in total. The second-order valence-electron chi connectivity index (χ2n) is 5.13. The Morgan fingerprint density at radius 2 is 2.00 bits per heavy atom. The average molecular weight is 266 g/mol. The summed E-state index contributed by atoms with van der Waals surface area (Å²) in [6.45, 7) is 4.00. The molecule has 1 aromatic rings. The summed E-state index contributed by atoms with van der Waals surface area (Å²) in [5.74, 6) is -0.937. The average Bonchev–Trinajstić information content (AvgIpc) is 2.30. The Labute approximate surface area is 112 Å². The van der Waals surface area contributed by atoms with Crippen LogP contribution in [-0.4, -0.2) is 24.2 Å². The molecule has 5 heteroatoms. The first kappa shape index (κ1) is 13.8. The fraction of sp³-hybridized carbons (Fsp3) is 0.500. The SMILES string of the molecule is CC1CC(Nc2cc(C(N)=O)ccc2F)CC(C)O1. The Morgan fingerprint density at radius 3 is 2.58 bits per heavy atom. The minimum atomic E-state index is -0.559. The van der Waals surface area contributed by atoms with Gasteiger partial charge in [-0.1, -0.05) is 0 Å². The summed E-state index contributed by atoms with van der Waals surface area (Å²) in [5.41, 5.74) is 5.83. The highest BCUT2D eigenvalue weighted by molar-refractivity contribution is 5.93. The van der Waals surface area contributed by atoms with E-state index in [0.717, 1.165) is 12.8 Å². The summed E-state index contributed by atoms with van der Waals surface area (Å²) in [5, 5.41) is 3.14. The van der Waals surface area contributed by atoms with Crippen molar-refractivity contribution in [1.29, 1.82) is 0 Å². The zero-order valence-electron chi connectivity index (χ0n) is 11.2. The molecular formula is C14H19FN2O2. The van der Waals surface area contributed by atoms with Gasteiger partial charge in [-0.25, -0.2) is 4.39 Å². The molecule has 1 aromatic carbocycles. The summed E-state index contributed by atoms with van der Waals surface area (Å²) in [7, 11) is 0. The number of primary amides is 1. The number of hydrogen-bond donors (Lipinski definition) is 2. The van der Waals surface area contributed by atoms with E-state index in [1.54, 1.807) is 0 Å². The molecule has 2 unspecified atom stereocenters. The Hall–Kier alpha value is -1.62. The topological polar surface area (TPSA) is 64.3 Å². The molecule has 1 heterocycles. The van der Waals surface area contributed by atoms with E-state index in [9.17, 15) is 9.18 Å². The van der Waals surface area contributed by atoms with Crippen LogP contribution in [0.1, 0.15) is 37.0 Å². The van der Waals surface area contributed by atoms with Crippen molar-refractivity contribution in [2.24, 2.45) is 5.73 Å². The van der Waals surface area contributed by atoms with E-state index >= 15 is 0 Å². The smallest absolute Gasteiger partial charge is 0.248 e. The van der Waals surface area contributed by atoms with Crippen LogP contribution in [-0.2, 0) is 4.74 Å². The van der Waals surface area contributed by atoms with Gasteiger partial charge in [0.05, 0.1) is 17.9 Å². The largest absolute Gasteiger partial charge is 0.380 e. The molecule has 0 spiro atoms. The highest BCUT2D eigenvalue weighted by atomic mass is 19.1. The van der Waals surface area contributed by atoms with Crippen LogP contribution in [0.15, 0.2) is 18.2 Å². The number of nitrogens with one attached hydrogen (secondary N) is 1. The fourth-order valence-corrected chi connectivity index (χ4v) is 2.53. The number of benzene rings is 1. The molecule has 0 bridgehead atoms. The van der Waals surface area contributed by atoms with Gasteiger partial charge in [0.2, 0.25) is 5.91 Å². The van der Waals surface area contributed by atoms with Crippen LogP contribution in [0.3, 0.4) is 0 Å². The molecular weight excluding hydrogens is 247 g/mol. The highest BCUT2D eigenvalue weighted by Crippen LogP contribution is 2.24. The Morgan fingerprint density at radius 1 is 1.37 bits per heavy atom. The lowest BCUT2D eigenvalue weighted by Crippen LogP contribution is -2.37. The molecule has 104 valence electrons.